The topological polar surface area (TPSA) is 59.3 Å². The minimum Gasteiger partial charge on any atom is -0.267 e. The van der Waals surface area contributed by atoms with Gasteiger partial charge in [-0.25, -0.2) is 10.1 Å². The van der Waals surface area contributed by atoms with Gasteiger partial charge in [-0.3, -0.25) is 4.79 Å². The minimum atomic E-state index is -0.303. The molecule has 2 aromatic carbocycles. The van der Waals surface area contributed by atoms with E-state index in [0.717, 1.165) is 16.8 Å². The van der Waals surface area contributed by atoms with Crippen LogP contribution < -0.4 is 5.43 Å². The van der Waals surface area contributed by atoms with Crippen molar-refractivity contribution < 1.29 is 4.79 Å². The number of amides is 1. The van der Waals surface area contributed by atoms with Crippen molar-refractivity contribution in [2.75, 3.05) is 0 Å². The van der Waals surface area contributed by atoms with Crippen molar-refractivity contribution >= 4 is 23.5 Å². The normalized spacial score (nSPS) is 11.0. The predicted octanol–water partition coefficient (Wildman–Crippen LogP) is 4.36. The molecule has 1 amide bonds. The van der Waals surface area contributed by atoms with Gasteiger partial charge in [0.1, 0.15) is 5.69 Å². The predicted molar refractivity (Wildman–Crippen MR) is 108 cm³/mol. The number of hydrogen-bond acceptors (Lipinski definition) is 4. The van der Waals surface area contributed by atoms with Crippen molar-refractivity contribution in [2.24, 2.45) is 5.10 Å². The number of hydrazone groups is 1. The molecule has 0 aliphatic rings. The molecule has 0 atom stereocenters. The zero-order valence-electron chi connectivity index (χ0n) is 14.3. The van der Waals surface area contributed by atoms with Crippen LogP contribution >= 0.6 is 11.3 Å². The van der Waals surface area contributed by atoms with Crippen molar-refractivity contribution in [2.45, 2.75) is 0 Å². The molecule has 5 nitrogen and oxygen atoms in total. The molecule has 0 fully saturated rings. The summed E-state index contributed by atoms with van der Waals surface area (Å²) in [6.07, 6.45) is 3.35. The zero-order chi connectivity index (χ0) is 18.5. The molecule has 0 saturated carbocycles. The first-order valence-corrected chi connectivity index (χ1v) is 9.31. The van der Waals surface area contributed by atoms with Gasteiger partial charge in [-0.05, 0) is 29.0 Å². The Labute approximate surface area is 160 Å². The number of thiophene rings is 1. The van der Waals surface area contributed by atoms with Crippen LogP contribution in [0.1, 0.15) is 15.9 Å². The average molecular weight is 372 g/mol. The molecule has 0 aliphatic heterocycles. The fourth-order valence-corrected chi connectivity index (χ4v) is 3.25. The van der Waals surface area contributed by atoms with E-state index in [1.807, 2.05) is 77.5 Å². The Morgan fingerprint density at radius 3 is 2.48 bits per heavy atom. The highest BCUT2D eigenvalue weighted by Gasteiger charge is 2.18. The molecule has 0 aliphatic carbocycles. The molecule has 0 saturated heterocycles. The molecule has 0 spiro atoms. The molecule has 2 aromatic heterocycles. The number of nitrogens with zero attached hydrogens (tertiary/aromatic N) is 3. The van der Waals surface area contributed by atoms with E-state index in [2.05, 4.69) is 15.6 Å². The van der Waals surface area contributed by atoms with Gasteiger partial charge in [0.25, 0.3) is 5.91 Å². The van der Waals surface area contributed by atoms with E-state index in [4.69, 9.17) is 0 Å². The number of nitrogens with one attached hydrogen (secondary N) is 1. The lowest BCUT2D eigenvalue weighted by Crippen LogP contribution is -2.17. The summed E-state index contributed by atoms with van der Waals surface area (Å²) in [6, 6.07) is 21.3. The number of rotatable bonds is 5. The van der Waals surface area contributed by atoms with Crippen molar-refractivity contribution in [3.63, 3.8) is 0 Å². The number of hydrogen-bond donors (Lipinski definition) is 1. The Balaban J connectivity index is 1.67. The molecule has 132 valence electrons. The lowest BCUT2D eigenvalue weighted by Gasteiger charge is -2.01. The van der Waals surface area contributed by atoms with E-state index < -0.39 is 0 Å². The number of para-hydroxylation sites is 1. The quantitative estimate of drug-likeness (QED) is 0.418. The molecule has 0 radical (unpaired) electrons. The van der Waals surface area contributed by atoms with Crippen LogP contribution in [-0.4, -0.2) is 21.9 Å². The summed E-state index contributed by atoms with van der Waals surface area (Å²) >= 11 is 1.58. The van der Waals surface area contributed by atoms with Gasteiger partial charge < -0.3 is 0 Å². The molecule has 1 N–H and O–H groups in total. The number of carbonyl (C=O) groups is 1. The summed E-state index contributed by atoms with van der Waals surface area (Å²) in [4.78, 5) is 12.7. The van der Waals surface area contributed by atoms with Crippen LogP contribution in [-0.2, 0) is 0 Å². The van der Waals surface area contributed by atoms with Gasteiger partial charge in [0.2, 0.25) is 0 Å². The van der Waals surface area contributed by atoms with E-state index in [9.17, 15) is 4.79 Å². The second kappa shape index (κ2) is 7.80. The summed E-state index contributed by atoms with van der Waals surface area (Å²) in [5.41, 5.74) is 6.38. The van der Waals surface area contributed by atoms with Crippen molar-refractivity contribution in [1.29, 1.82) is 0 Å². The molecule has 0 unspecified atom stereocenters. The maximum Gasteiger partial charge on any atom is 0.275 e. The van der Waals surface area contributed by atoms with Crippen LogP contribution in [0.3, 0.4) is 0 Å². The second-order valence-electron chi connectivity index (χ2n) is 5.79. The van der Waals surface area contributed by atoms with Crippen LogP contribution in [0.5, 0.6) is 0 Å². The van der Waals surface area contributed by atoms with E-state index in [1.165, 1.54) is 0 Å². The van der Waals surface area contributed by atoms with Gasteiger partial charge in [0, 0.05) is 17.3 Å². The van der Waals surface area contributed by atoms with Crippen molar-refractivity contribution in [1.82, 2.24) is 15.2 Å². The Hall–Kier alpha value is -3.51. The van der Waals surface area contributed by atoms with Crippen LogP contribution in [0.2, 0.25) is 0 Å². The third-order valence-corrected chi connectivity index (χ3v) is 4.65. The van der Waals surface area contributed by atoms with Crippen LogP contribution in [0.15, 0.2) is 88.8 Å². The summed E-state index contributed by atoms with van der Waals surface area (Å²) in [6.45, 7) is 0. The highest BCUT2D eigenvalue weighted by atomic mass is 32.1. The monoisotopic (exact) mass is 372 g/mol. The number of carbonyl (C=O) groups excluding carboxylic acids is 1. The molecule has 0 bridgehead atoms. The van der Waals surface area contributed by atoms with Crippen LogP contribution in [0.25, 0.3) is 16.9 Å². The third-order valence-electron chi connectivity index (χ3n) is 3.95. The van der Waals surface area contributed by atoms with Gasteiger partial charge in [-0.15, -0.1) is 0 Å². The Bertz CT molecular complexity index is 1050. The van der Waals surface area contributed by atoms with Gasteiger partial charge in [0.05, 0.1) is 17.5 Å². The van der Waals surface area contributed by atoms with Crippen molar-refractivity contribution in [3.8, 4) is 16.9 Å². The maximum atomic E-state index is 12.7. The fraction of sp³-hybridized carbons (Fsp3) is 0. The number of aromatic nitrogens is 2. The van der Waals surface area contributed by atoms with Gasteiger partial charge >= 0.3 is 0 Å². The Kier molecular flexibility index (Phi) is 4.89. The van der Waals surface area contributed by atoms with E-state index >= 15 is 0 Å². The minimum absolute atomic E-state index is 0.303. The Morgan fingerprint density at radius 2 is 1.78 bits per heavy atom. The summed E-state index contributed by atoms with van der Waals surface area (Å²) < 4.78 is 1.71. The average Bonchev–Trinajstić information content (AvgIpc) is 3.39. The van der Waals surface area contributed by atoms with Gasteiger partial charge in [-0.2, -0.15) is 21.5 Å². The Morgan fingerprint density at radius 1 is 1.04 bits per heavy atom. The maximum absolute atomic E-state index is 12.7. The molecule has 27 heavy (non-hydrogen) atoms. The largest absolute Gasteiger partial charge is 0.275 e. The first-order valence-electron chi connectivity index (χ1n) is 8.37. The fourth-order valence-electron chi connectivity index (χ4n) is 2.64. The SMILES string of the molecule is O=C(N/N=C\c1ccsc1)c1cn(-c2ccccc2)nc1-c1ccccc1. The number of benzene rings is 2. The molecular weight excluding hydrogens is 356 g/mol. The molecule has 2 heterocycles. The van der Waals surface area contributed by atoms with Crippen molar-refractivity contribution in [3.05, 3.63) is 94.8 Å². The highest BCUT2D eigenvalue weighted by Crippen LogP contribution is 2.23. The van der Waals surface area contributed by atoms with E-state index in [1.54, 1.807) is 28.4 Å². The third kappa shape index (κ3) is 3.86. The summed E-state index contributed by atoms with van der Waals surface area (Å²) in [7, 11) is 0. The first-order chi connectivity index (χ1) is 13.3. The van der Waals surface area contributed by atoms with Crippen LogP contribution in [0.4, 0.5) is 0 Å². The second-order valence-corrected chi connectivity index (χ2v) is 6.57. The summed E-state index contributed by atoms with van der Waals surface area (Å²) in [5.74, 6) is -0.303. The molecule has 4 rings (SSSR count). The standard InChI is InChI=1S/C21H16N4OS/c26-21(23-22-13-16-11-12-27-15-16)19-14-25(18-9-5-2-6-10-18)24-20(19)17-7-3-1-4-8-17/h1-15H,(H,23,26)/b22-13-. The van der Waals surface area contributed by atoms with E-state index in [-0.39, 0.29) is 5.91 Å². The first kappa shape index (κ1) is 16.9. The highest BCUT2D eigenvalue weighted by molar-refractivity contribution is 7.08. The molecule has 4 aromatic rings. The van der Waals surface area contributed by atoms with Crippen LogP contribution in [0, 0.1) is 0 Å². The zero-order valence-corrected chi connectivity index (χ0v) is 15.1. The summed E-state index contributed by atoms with van der Waals surface area (Å²) in [5, 5.41) is 12.6. The van der Waals surface area contributed by atoms with Gasteiger partial charge in [0.15, 0.2) is 0 Å². The van der Waals surface area contributed by atoms with Gasteiger partial charge in [-0.1, -0.05) is 48.5 Å². The lowest BCUT2D eigenvalue weighted by atomic mass is 10.1. The molecular formula is C21H16N4OS. The smallest absolute Gasteiger partial charge is 0.267 e. The molecule has 6 heteroatoms. The van der Waals surface area contributed by atoms with E-state index in [0.29, 0.717) is 11.3 Å². The lowest BCUT2D eigenvalue weighted by molar-refractivity contribution is 0.0956.